The molecule has 0 bridgehead atoms. The molecule has 2 heterocycles. The van der Waals surface area contributed by atoms with E-state index in [0.29, 0.717) is 5.95 Å². The Bertz CT molecular complexity index is 1080. The Morgan fingerprint density at radius 1 is 1.03 bits per heavy atom. The van der Waals surface area contributed by atoms with Crippen LogP contribution in [0.2, 0.25) is 0 Å². The second-order valence-electron chi connectivity index (χ2n) is 6.89. The van der Waals surface area contributed by atoms with Crippen LogP contribution >= 0.6 is 0 Å². The number of aryl methyl sites for hydroxylation is 1. The van der Waals surface area contributed by atoms with Crippen LogP contribution in [0.5, 0.6) is 5.75 Å². The number of anilines is 3. The Hall–Kier alpha value is -3.87. The number of nitrogens with zero attached hydrogens (tertiary/aromatic N) is 4. The Labute approximate surface area is 175 Å². The van der Waals surface area contributed by atoms with E-state index in [1.807, 2.05) is 60.3 Å². The third-order valence-corrected chi connectivity index (χ3v) is 4.76. The molecule has 0 saturated heterocycles. The number of methoxy groups -OCH3 is 1. The molecule has 152 valence electrons. The minimum absolute atomic E-state index is 0.558. The molecule has 0 unspecified atom stereocenters. The molecule has 4 rings (SSSR count). The van der Waals surface area contributed by atoms with Crippen LogP contribution in [-0.2, 0) is 6.42 Å². The number of imidazole rings is 1. The maximum atomic E-state index is 5.20. The number of ether oxygens (including phenoxy) is 1. The molecule has 7 nitrogen and oxygen atoms in total. The van der Waals surface area contributed by atoms with E-state index in [0.717, 1.165) is 41.5 Å². The van der Waals surface area contributed by atoms with Crippen molar-refractivity contribution in [2.45, 2.75) is 13.3 Å². The summed E-state index contributed by atoms with van der Waals surface area (Å²) >= 11 is 0. The molecular formula is C23H24N6O. The average Bonchev–Trinajstić information content (AvgIpc) is 3.32. The van der Waals surface area contributed by atoms with Gasteiger partial charge in [0.25, 0.3) is 0 Å². The predicted octanol–water partition coefficient (Wildman–Crippen LogP) is 4.38. The normalized spacial score (nSPS) is 10.6. The fraction of sp³-hybridized carbons (Fsp3) is 0.174. The minimum atomic E-state index is 0.558. The molecule has 0 atom stereocenters. The summed E-state index contributed by atoms with van der Waals surface area (Å²) in [5, 5.41) is 6.68. The van der Waals surface area contributed by atoms with E-state index in [4.69, 9.17) is 4.74 Å². The zero-order valence-corrected chi connectivity index (χ0v) is 17.0. The highest BCUT2D eigenvalue weighted by atomic mass is 16.5. The summed E-state index contributed by atoms with van der Waals surface area (Å²) in [4.78, 5) is 13.1. The maximum absolute atomic E-state index is 5.20. The number of hydrogen-bond acceptors (Lipinski definition) is 6. The highest BCUT2D eigenvalue weighted by Crippen LogP contribution is 2.19. The van der Waals surface area contributed by atoms with Gasteiger partial charge >= 0.3 is 0 Å². The van der Waals surface area contributed by atoms with Crippen LogP contribution in [-0.4, -0.2) is 33.2 Å². The quantitative estimate of drug-likeness (QED) is 0.457. The lowest BCUT2D eigenvalue weighted by Gasteiger charge is -2.11. The van der Waals surface area contributed by atoms with Crippen LogP contribution in [0.25, 0.3) is 5.69 Å². The van der Waals surface area contributed by atoms with Crippen molar-refractivity contribution in [2.75, 3.05) is 24.3 Å². The molecule has 0 radical (unpaired) electrons. The molecule has 4 aromatic rings. The van der Waals surface area contributed by atoms with Gasteiger partial charge in [0.05, 0.1) is 13.4 Å². The third kappa shape index (κ3) is 4.75. The van der Waals surface area contributed by atoms with Crippen LogP contribution < -0.4 is 15.4 Å². The Morgan fingerprint density at radius 2 is 1.83 bits per heavy atom. The summed E-state index contributed by atoms with van der Waals surface area (Å²) in [7, 11) is 1.67. The van der Waals surface area contributed by atoms with Crippen molar-refractivity contribution >= 4 is 17.5 Å². The maximum Gasteiger partial charge on any atom is 0.229 e. The van der Waals surface area contributed by atoms with Crippen molar-refractivity contribution in [1.29, 1.82) is 0 Å². The van der Waals surface area contributed by atoms with Gasteiger partial charge in [0.2, 0.25) is 5.95 Å². The molecule has 2 N–H and O–H groups in total. The molecule has 7 heteroatoms. The smallest absolute Gasteiger partial charge is 0.229 e. The first kappa shape index (κ1) is 19.4. The largest absolute Gasteiger partial charge is 0.497 e. The SMILES string of the molecule is COc1ccc(CCNc2nc(Nc3ccc(-n4ccnc4)cc3)ncc2C)cc1. The van der Waals surface area contributed by atoms with E-state index in [-0.39, 0.29) is 0 Å². The van der Waals surface area contributed by atoms with Gasteiger partial charge in [-0.3, -0.25) is 0 Å². The Kier molecular flexibility index (Phi) is 5.89. The fourth-order valence-corrected chi connectivity index (χ4v) is 3.06. The third-order valence-electron chi connectivity index (χ3n) is 4.76. The van der Waals surface area contributed by atoms with Gasteiger partial charge in [-0.15, -0.1) is 0 Å². The first-order chi connectivity index (χ1) is 14.7. The summed E-state index contributed by atoms with van der Waals surface area (Å²) in [5.41, 5.74) is 4.22. The molecule has 0 saturated carbocycles. The van der Waals surface area contributed by atoms with Gasteiger partial charge in [0, 0.05) is 42.1 Å². The fourth-order valence-electron chi connectivity index (χ4n) is 3.06. The Balaban J connectivity index is 1.37. The highest BCUT2D eigenvalue weighted by Gasteiger charge is 2.05. The van der Waals surface area contributed by atoms with Crippen molar-refractivity contribution in [2.24, 2.45) is 0 Å². The zero-order chi connectivity index (χ0) is 20.8. The van der Waals surface area contributed by atoms with Crippen LogP contribution in [0, 0.1) is 6.92 Å². The lowest BCUT2D eigenvalue weighted by Crippen LogP contribution is -2.09. The standard InChI is InChI=1S/C23H24N6O/c1-17-15-26-23(27-19-5-7-20(8-6-19)29-14-13-24-16-29)28-22(17)25-12-11-18-3-9-21(30-2)10-4-18/h3-10,13-16H,11-12H2,1-2H3,(H2,25,26,27,28). The summed E-state index contributed by atoms with van der Waals surface area (Å²) in [6.07, 6.45) is 8.16. The second kappa shape index (κ2) is 9.09. The zero-order valence-electron chi connectivity index (χ0n) is 17.0. The molecule has 0 amide bonds. The number of rotatable bonds is 8. The molecule has 0 aliphatic carbocycles. The van der Waals surface area contributed by atoms with Crippen molar-refractivity contribution in [3.63, 3.8) is 0 Å². The van der Waals surface area contributed by atoms with Gasteiger partial charge in [-0.1, -0.05) is 12.1 Å². The number of aromatic nitrogens is 4. The Morgan fingerprint density at radius 3 is 2.53 bits per heavy atom. The lowest BCUT2D eigenvalue weighted by molar-refractivity contribution is 0.414. The van der Waals surface area contributed by atoms with Crippen LogP contribution in [0.1, 0.15) is 11.1 Å². The topological polar surface area (TPSA) is 76.9 Å². The first-order valence-electron chi connectivity index (χ1n) is 9.77. The number of hydrogen-bond donors (Lipinski definition) is 2. The van der Waals surface area contributed by atoms with Gasteiger partial charge in [0.1, 0.15) is 11.6 Å². The van der Waals surface area contributed by atoms with E-state index in [9.17, 15) is 0 Å². The molecule has 2 aromatic carbocycles. The average molecular weight is 400 g/mol. The lowest BCUT2D eigenvalue weighted by atomic mass is 10.1. The number of nitrogens with one attached hydrogen (secondary N) is 2. The van der Waals surface area contributed by atoms with Crippen molar-refractivity contribution in [1.82, 2.24) is 19.5 Å². The van der Waals surface area contributed by atoms with Crippen molar-refractivity contribution in [3.05, 3.63) is 84.6 Å². The predicted molar refractivity (Wildman–Crippen MR) is 119 cm³/mol. The molecule has 2 aromatic heterocycles. The van der Waals surface area contributed by atoms with E-state index >= 15 is 0 Å². The molecule has 0 aliphatic rings. The van der Waals surface area contributed by atoms with Crippen LogP contribution in [0.4, 0.5) is 17.5 Å². The summed E-state index contributed by atoms with van der Waals surface area (Å²) in [5.74, 6) is 2.26. The first-order valence-corrected chi connectivity index (χ1v) is 9.77. The van der Waals surface area contributed by atoms with E-state index in [1.54, 1.807) is 19.6 Å². The second-order valence-corrected chi connectivity index (χ2v) is 6.89. The molecule has 0 aliphatic heterocycles. The molecule has 0 spiro atoms. The minimum Gasteiger partial charge on any atom is -0.497 e. The number of benzene rings is 2. The van der Waals surface area contributed by atoms with Crippen molar-refractivity contribution < 1.29 is 4.74 Å². The van der Waals surface area contributed by atoms with Crippen LogP contribution in [0.3, 0.4) is 0 Å². The van der Waals surface area contributed by atoms with E-state index < -0.39 is 0 Å². The van der Waals surface area contributed by atoms with Gasteiger partial charge in [-0.05, 0) is 55.3 Å². The van der Waals surface area contributed by atoms with Crippen LogP contribution in [0.15, 0.2) is 73.4 Å². The summed E-state index contributed by atoms with van der Waals surface area (Å²) < 4.78 is 7.16. The van der Waals surface area contributed by atoms with Gasteiger partial charge < -0.3 is 19.9 Å². The highest BCUT2D eigenvalue weighted by molar-refractivity contribution is 5.57. The summed E-state index contributed by atoms with van der Waals surface area (Å²) in [6.45, 7) is 2.78. The summed E-state index contributed by atoms with van der Waals surface area (Å²) in [6, 6.07) is 16.1. The van der Waals surface area contributed by atoms with Crippen molar-refractivity contribution in [3.8, 4) is 11.4 Å². The van der Waals surface area contributed by atoms with Gasteiger partial charge in [-0.25, -0.2) is 9.97 Å². The van der Waals surface area contributed by atoms with E-state index in [2.05, 4.69) is 37.7 Å². The van der Waals surface area contributed by atoms with Gasteiger partial charge in [-0.2, -0.15) is 4.98 Å². The van der Waals surface area contributed by atoms with E-state index in [1.165, 1.54) is 5.56 Å². The molecular weight excluding hydrogens is 376 g/mol. The van der Waals surface area contributed by atoms with Gasteiger partial charge in [0.15, 0.2) is 0 Å². The monoisotopic (exact) mass is 400 g/mol. The molecule has 30 heavy (non-hydrogen) atoms. The molecule has 0 fully saturated rings.